The second-order valence-corrected chi connectivity index (χ2v) is 3.83. The lowest BCUT2D eigenvalue weighted by Crippen LogP contribution is -2.51. The van der Waals surface area contributed by atoms with Gasteiger partial charge in [-0.3, -0.25) is 4.79 Å². The van der Waals surface area contributed by atoms with Crippen LogP contribution in [0.4, 0.5) is 4.39 Å². The third-order valence-corrected chi connectivity index (χ3v) is 2.68. The number of amides is 1. The Kier molecular flexibility index (Phi) is 2.49. The molecular formula is C9H14FNO2. The first-order valence-corrected chi connectivity index (χ1v) is 4.75. The first-order chi connectivity index (χ1) is 6.25. The average molecular weight is 187 g/mol. The molecule has 0 spiro atoms. The van der Waals surface area contributed by atoms with E-state index in [1.165, 1.54) is 0 Å². The SMILES string of the molecule is O=C(C[C@H]1CCOC1)N1CC(F)C1. The number of likely N-dealkylation sites (tertiary alicyclic amines) is 1. The summed E-state index contributed by atoms with van der Waals surface area (Å²) in [7, 11) is 0. The molecule has 0 N–H and O–H groups in total. The smallest absolute Gasteiger partial charge is 0.223 e. The fraction of sp³-hybridized carbons (Fsp3) is 0.889. The topological polar surface area (TPSA) is 29.5 Å². The lowest BCUT2D eigenvalue weighted by atomic mass is 10.0. The van der Waals surface area contributed by atoms with Gasteiger partial charge in [-0.25, -0.2) is 4.39 Å². The van der Waals surface area contributed by atoms with Crippen molar-refractivity contribution in [2.24, 2.45) is 5.92 Å². The van der Waals surface area contributed by atoms with Gasteiger partial charge in [0.25, 0.3) is 0 Å². The molecule has 4 heteroatoms. The van der Waals surface area contributed by atoms with Gasteiger partial charge in [-0.15, -0.1) is 0 Å². The van der Waals surface area contributed by atoms with E-state index in [-0.39, 0.29) is 5.91 Å². The van der Waals surface area contributed by atoms with Gasteiger partial charge in [0.15, 0.2) is 0 Å². The maximum absolute atomic E-state index is 12.4. The Hall–Kier alpha value is -0.640. The summed E-state index contributed by atoms with van der Waals surface area (Å²) < 4.78 is 17.6. The summed E-state index contributed by atoms with van der Waals surface area (Å²) in [6.45, 7) is 2.06. The van der Waals surface area contributed by atoms with Crippen LogP contribution in [0.5, 0.6) is 0 Å². The Morgan fingerprint density at radius 2 is 2.31 bits per heavy atom. The van der Waals surface area contributed by atoms with Gasteiger partial charge in [0, 0.05) is 19.6 Å². The molecule has 0 aromatic rings. The third-order valence-electron chi connectivity index (χ3n) is 2.68. The van der Waals surface area contributed by atoms with Gasteiger partial charge in [0.1, 0.15) is 6.17 Å². The lowest BCUT2D eigenvalue weighted by Gasteiger charge is -2.34. The fourth-order valence-corrected chi connectivity index (χ4v) is 1.75. The molecule has 0 saturated carbocycles. The summed E-state index contributed by atoms with van der Waals surface area (Å²) in [4.78, 5) is 13.0. The largest absolute Gasteiger partial charge is 0.381 e. The molecule has 2 rings (SSSR count). The maximum Gasteiger partial charge on any atom is 0.223 e. The predicted molar refractivity (Wildman–Crippen MR) is 45.0 cm³/mol. The van der Waals surface area contributed by atoms with Gasteiger partial charge in [0.05, 0.1) is 13.1 Å². The summed E-state index contributed by atoms with van der Waals surface area (Å²) in [5, 5.41) is 0. The van der Waals surface area contributed by atoms with Crippen molar-refractivity contribution in [1.29, 1.82) is 0 Å². The summed E-state index contributed by atoms with van der Waals surface area (Å²) in [6, 6.07) is 0. The zero-order chi connectivity index (χ0) is 9.26. The molecular weight excluding hydrogens is 173 g/mol. The van der Waals surface area contributed by atoms with E-state index in [2.05, 4.69) is 0 Å². The number of ether oxygens (including phenoxy) is 1. The molecule has 0 unspecified atom stereocenters. The molecule has 2 saturated heterocycles. The number of rotatable bonds is 2. The summed E-state index contributed by atoms with van der Waals surface area (Å²) in [6.07, 6.45) is 0.717. The van der Waals surface area contributed by atoms with Gasteiger partial charge < -0.3 is 9.64 Å². The maximum atomic E-state index is 12.4. The highest BCUT2D eigenvalue weighted by atomic mass is 19.1. The molecule has 0 aromatic heterocycles. The summed E-state index contributed by atoms with van der Waals surface area (Å²) >= 11 is 0. The number of carbonyl (C=O) groups is 1. The van der Waals surface area contributed by atoms with Gasteiger partial charge in [-0.1, -0.05) is 0 Å². The Labute approximate surface area is 76.8 Å². The van der Waals surface area contributed by atoms with Crippen molar-refractivity contribution >= 4 is 5.91 Å². The molecule has 74 valence electrons. The monoisotopic (exact) mass is 187 g/mol. The van der Waals surface area contributed by atoms with Crippen LogP contribution in [0, 0.1) is 5.92 Å². The molecule has 3 nitrogen and oxygen atoms in total. The van der Waals surface area contributed by atoms with E-state index >= 15 is 0 Å². The van der Waals surface area contributed by atoms with Crippen molar-refractivity contribution in [3.8, 4) is 0 Å². The van der Waals surface area contributed by atoms with Crippen LogP contribution in [0.15, 0.2) is 0 Å². The minimum atomic E-state index is -0.788. The van der Waals surface area contributed by atoms with E-state index < -0.39 is 6.17 Å². The van der Waals surface area contributed by atoms with Crippen LogP contribution in [-0.4, -0.2) is 43.3 Å². The van der Waals surface area contributed by atoms with Gasteiger partial charge in [0.2, 0.25) is 5.91 Å². The van der Waals surface area contributed by atoms with Crippen molar-refractivity contribution in [2.75, 3.05) is 26.3 Å². The molecule has 2 heterocycles. The standard InChI is InChI=1S/C9H14FNO2/c10-8-4-11(5-8)9(12)3-7-1-2-13-6-7/h7-8H,1-6H2/t7-/m1/s1. The normalized spacial score (nSPS) is 29.0. The minimum absolute atomic E-state index is 0.0874. The van der Waals surface area contributed by atoms with Crippen molar-refractivity contribution in [2.45, 2.75) is 19.0 Å². The van der Waals surface area contributed by atoms with Crippen LogP contribution in [-0.2, 0) is 9.53 Å². The second-order valence-electron chi connectivity index (χ2n) is 3.83. The van der Waals surface area contributed by atoms with E-state index in [4.69, 9.17) is 4.74 Å². The van der Waals surface area contributed by atoms with Crippen molar-refractivity contribution < 1.29 is 13.9 Å². The number of alkyl halides is 1. The minimum Gasteiger partial charge on any atom is -0.381 e. The van der Waals surface area contributed by atoms with Crippen molar-refractivity contribution in [3.63, 3.8) is 0 Å². The molecule has 0 aromatic carbocycles. The number of hydrogen-bond acceptors (Lipinski definition) is 2. The molecule has 2 aliphatic rings. The average Bonchev–Trinajstić information content (AvgIpc) is 2.51. The van der Waals surface area contributed by atoms with Gasteiger partial charge in [-0.05, 0) is 12.3 Å². The number of carbonyl (C=O) groups excluding carboxylic acids is 1. The first kappa shape index (κ1) is 8.94. The van der Waals surface area contributed by atoms with Gasteiger partial charge >= 0.3 is 0 Å². The Morgan fingerprint density at radius 3 is 2.85 bits per heavy atom. The first-order valence-electron chi connectivity index (χ1n) is 4.75. The van der Waals surface area contributed by atoms with Crippen molar-refractivity contribution in [3.05, 3.63) is 0 Å². The number of hydrogen-bond donors (Lipinski definition) is 0. The number of halogens is 1. The summed E-state index contributed by atoms with van der Waals surface area (Å²) in [5.41, 5.74) is 0. The quantitative estimate of drug-likeness (QED) is 0.633. The van der Waals surface area contributed by atoms with Crippen LogP contribution in [0.1, 0.15) is 12.8 Å². The third kappa shape index (κ3) is 1.99. The molecule has 0 aliphatic carbocycles. The van der Waals surface area contributed by atoms with Crippen molar-refractivity contribution in [1.82, 2.24) is 4.90 Å². The van der Waals surface area contributed by atoms with E-state index in [1.54, 1.807) is 4.90 Å². The van der Waals surface area contributed by atoms with E-state index in [0.29, 0.717) is 32.0 Å². The van der Waals surface area contributed by atoms with Crippen LogP contribution in [0.3, 0.4) is 0 Å². The number of nitrogens with zero attached hydrogens (tertiary/aromatic N) is 1. The van der Waals surface area contributed by atoms with Crippen LogP contribution >= 0.6 is 0 Å². The summed E-state index contributed by atoms with van der Waals surface area (Å²) in [5.74, 6) is 0.454. The molecule has 2 fully saturated rings. The highest BCUT2D eigenvalue weighted by Crippen LogP contribution is 2.20. The lowest BCUT2D eigenvalue weighted by molar-refractivity contribution is -0.139. The highest BCUT2D eigenvalue weighted by molar-refractivity contribution is 5.77. The molecule has 0 bridgehead atoms. The molecule has 1 amide bonds. The zero-order valence-electron chi connectivity index (χ0n) is 7.54. The fourth-order valence-electron chi connectivity index (χ4n) is 1.75. The predicted octanol–water partition coefficient (Wildman–Crippen LogP) is 0.593. The Balaban J connectivity index is 1.72. The van der Waals surface area contributed by atoms with Crippen LogP contribution < -0.4 is 0 Å². The van der Waals surface area contributed by atoms with E-state index in [0.717, 1.165) is 13.0 Å². The molecule has 0 radical (unpaired) electrons. The second kappa shape index (κ2) is 3.62. The van der Waals surface area contributed by atoms with Crippen LogP contribution in [0.25, 0.3) is 0 Å². The van der Waals surface area contributed by atoms with Gasteiger partial charge in [-0.2, -0.15) is 0 Å². The Morgan fingerprint density at radius 1 is 1.54 bits per heavy atom. The Bertz CT molecular complexity index is 198. The zero-order valence-corrected chi connectivity index (χ0v) is 7.54. The van der Waals surface area contributed by atoms with E-state index in [1.807, 2.05) is 0 Å². The molecule has 13 heavy (non-hydrogen) atoms. The van der Waals surface area contributed by atoms with Crippen LogP contribution in [0.2, 0.25) is 0 Å². The van der Waals surface area contributed by atoms with E-state index in [9.17, 15) is 9.18 Å². The highest BCUT2D eigenvalue weighted by Gasteiger charge is 2.31. The molecule has 2 aliphatic heterocycles. The molecule has 1 atom stereocenters.